The number of H-pyrrole nitrogens is 1. The lowest BCUT2D eigenvalue weighted by molar-refractivity contribution is 0.0697. The Morgan fingerprint density at radius 3 is 2.42 bits per heavy atom. The first-order chi connectivity index (χ1) is 15.1. The van der Waals surface area contributed by atoms with Crippen LogP contribution in [-0.4, -0.2) is 33.4 Å². The maximum absolute atomic E-state index is 11.3. The molecule has 0 atom stereocenters. The first kappa shape index (κ1) is 20.4. The monoisotopic (exact) mass is 413 g/mol. The van der Waals surface area contributed by atoms with E-state index in [-0.39, 0.29) is 11.4 Å². The van der Waals surface area contributed by atoms with Crippen LogP contribution in [0.2, 0.25) is 0 Å². The van der Waals surface area contributed by atoms with Crippen LogP contribution in [0.5, 0.6) is 5.88 Å². The van der Waals surface area contributed by atoms with Crippen LogP contribution < -0.4 is 5.32 Å². The molecule has 0 bridgehead atoms. The molecule has 0 aliphatic heterocycles. The number of aliphatic imine (C=N–C) groups is 1. The van der Waals surface area contributed by atoms with Crippen molar-refractivity contribution in [3.8, 4) is 5.88 Å². The summed E-state index contributed by atoms with van der Waals surface area (Å²) in [6, 6.07) is 22.3. The fourth-order valence-corrected chi connectivity index (χ4v) is 3.50. The molecule has 156 valence electrons. The largest absolute Gasteiger partial charge is 0.494 e. The van der Waals surface area contributed by atoms with Crippen LogP contribution in [0.15, 0.2) is 77.8 Å². The van der Waals surface area contributed by atoms with Gasteiger partial charge in [0.15, 0.2) is 5.88 Å². The summed E-state index contributed by atoms with van der Waals surface area (Å²) in [7, 11) is 0. The van der Waals surface area contributed by atoms with Gasteiger partial charge in [-0.25, -0.2) is 9.79 Å². The minimum absolute atomic E-state index is 0.0519. The third-order valence-corrected chi connectivity index (χ3v) is 5.07. The van der Waals surface area contributed by atoms with E-state index in [1.807, 2.05) is 54.6 Å². The van der Waals surface area contributed by atoms with Crippen molar-refractivity contribution in [3.05, 3.63) is 95.1 Å². The van der Waals surface area contributed by atoms with Crippen LogP contribution in [0.3, 0.4) is 0 Å². The summed E-state index contributed by atoms with van der Waals surface area (Å²) in [4.78, 5) is 19.1. The molecule has 4 rings (SSSR count). The van der Waals surface area contributed by atoms with E-state index in [0.717, 1.165) is 24.3 Å². The molecule has 0 saturated heterocycles. The molecule has 0 fully saturated rings. The fourth-order valence-electron chi connectivity index (χ4n) is 3.50. The normalized spacial score (nSPS) is 11.7. The molecule has 4 aromatic rings. The lowest BCUT2D eigenvalue weighted by Gasteiger charge is -2.08. The standard InChI is InChI=1S/C25H23N3O3/c1-2-26-15-16-8-11-19(12-9-16)27-23(17-6-4-3-5-7-17)22-20-13-10-18(25(30)31)14-21(20)28-24(22)29/h3-14,26,28-29H,2,15H2,1H3,(H,30,31). The summed E-state index contributed by atoms with van der Waals surface area (Å²) in [5, 5.41) is 24.0. The Labute approximate surface area is 179 Å². The Balaban J connectivity index is 1.84. The van der Waals surface area contributed by atoms with Crippen LogP contribution in [0.25, 0.3) is 10.9 Å². The summed E-state index contributed by atoms with van der Waals surface area (Å²) >= 11 is 0. The van der Waals surface area contributed by atoms with Gasteiger partial charge in [0.05, 0.1) is 22.5 Å². The summed E-state index contributed by atoms with van der Waals surface area (Å²) < 4.78 is 0. The quantitative estimate of drug-likeness (QED) is 0.326. The smallest absolute Gasteiger partial charge is 0.335 e. The fraction of sp³-hybridized carbons (Fsp3) is 0.120. The zero-order chi connectivity index (χ0) is 21.8. The van der Waals surface area contributed by atoms with Gasteiger partial charge in [-0.1, -0.05) is 55.5 Å². The van der Waals surface area contributed by atoms with Crippen molar-refractivity contribution < 1.29 is 15.0 Å². The number of hydrogen-bond donors (Lipinski definition) is 4. The van der Waals surface area contributed by atoms with Gasteiger partial charge >= 0.3 is 5.97 Å². The van der Waals surface area contributed by atoms with Gasteiger partial charge in [-0.2, -0.15) is 0 Å². The maximum atomic E-state index is 11.3. The number of hydrogen-bond acceptors (Lipinski definition) is 4. The average molecular weight is 413 g/mol. The van der Waals surface area contributed by atoms with Crippen molar-refractivity contribution in [2.45, 2.75) is 13.5 Å². The lowest BCUT2D eigenvalue weighted by atomic mass is 10.00. The van der Waals surface area contributed by atoms with Gasteiger partial charge in [-0.3, -0.25) is 0 Å². The summed E-state index contributed by atoms with van der Waals surface area (Å²) in [6.07, 6.45) is 0. The van der Waals surface area contributed by atoms with Gasteiger partial charge < -0.3 is 20.5 Å². The molecular formula is C25H23N3O3. The highest BCUT2D eigenvalue weighted by molar-refractivity contribution is 6.22. The van der Waals surface area contributed by atoms with Gasteiger partial charge in [-0.15, -0.1) is 0 Å². The Bertz CT molecular complexity index is 1240. The molecule has 31 heavy (non-hydrogen) atoms. The third-order valence-electron chi connectivity index (χ3n) is 5.07. The lowest BCUT2D eigenvalue weighted by Crippen LogP contribution is -2.11. The van der Waals surface area contributed by atoms with E-state index in [2.05, 4.69) is 17.2 Å². The van der Waals surface area contributed by atoms with Crippen molar-refractivity contribution >= 4 is 28.3 Å². The van der Waals surface area contributed by atoms with Crippen LogP contribution >= 0.6 is 0 Å². The zero-order valence-corrected chi connectivity index (χ0v) is 17.1. The number of carboxylic acids is 1. The van der Waals surface area contributed by atoms with Gasteiger partial charge in [0.2, 0.25) is 0 Å². The molecule has 4 N–H and O–H groups in total. The topological polar surface area (TPSA) is 97.7 Å². The van der Waals surface area contributed by atoms with E-state index in [0.29, 0.717) is 22.2 Å². The minimum Gasteiger partial charge on any atom is -0.494 e. The molecule has 0 unspecified atom stereocenters. The highest BCUT2D eigenvalue weighted by Crippen LogP contribution is 2.32. The summed E-state index contributed by atoms with van der Waals surface area (Å²) in [6.45, 7) is 3.76. The molecule has 0 aliphatic carbocycles. The predicted molar refractivity (Wildman–Crippen MR) is 122 cm³/mol. The first-order valence-corrected chi connectivity index (χ1v) is 10.1. The second kappa shape index (κ2) is 8.85. The van der Waals surface area contributed by atoms with Crippen LogP contribution in [0.1, 0.15) is 34.0 Å². The van der Waals surface area contributed by atoms with Crippen LogP contribution in [0, 0.1) is 0 Å². The second-order valence-corrected chi connectivity index (χ2v) is 7.19. The van der Waals surface area contributed by atoms with Crippen molar-refractivity contribution in [2.75, 3.05) is 6.54 Å². The molecule has 0 amide bonds. The molecule has 0 radical (unpaired) electrons. The third kappa shape index (κ3) is 4.34. The molecule has 0 spiro atoms. The van der Waals surface area contributed by atoms with Crippen molar-refractivity contribution in [2.24, 2.45) is 4.99 Å². The Kier molecular flexibility index (Phi) is 5.82. The number of benzene rings is 3. The highest BCUT2D eigenvalue weighted by Gasteiger charge is 2.19. The number of fused-ring (bicyclic) bond motifs is 1. The highest BCUT2D eigenvalue weighted by atomic mass is 16.4. The second-order valence-electron chi connectivity index (χ2n) is 7.19. The maximum Gasteiger partial charge on any atom is 0.335 e. The van der Waals surface area contributed by atoms with Gasteiger partial charge in [-0.05, 0) is 36.4 Å². The van der Waals surface area contributed by atoms with Gasteiger partial charge in [0.25, 0.3) is 0 Å². The van der Waals surface area contributed by atoms with Crippen molar-refractivity contribution in [3.63, 3.8) is 0 Å². The molecular weight excluding hydrogens is 390 g/mol. The molecule has 3 aromatic carbocycles. The van der Waals surface area contributed by atoms with Crippen molar-refractivity contribution in [1.29, 1.82) is 0 Å². The van der Waals surface area contributed by atoms with Crippen LogP contribution in [-0.2, 0) is 6.54 Å². The Hall–Kier alpha value is -3.90. The minimum atomic E-state index is -1.02. The van der Waals surface area contributed by atoms with E-state index in [9.17, 15) is 15.0 Å². The molecule has 1 aromatic heterocycles. The number of aromatic carboxylic acids is 1. The van der Waals surface area contributed by atoms with Crippen LogP contribution in [0.4, 0.5) is 5.69 Å². The number of rotatable bonds is 7. The number of carbonyl (C=O) groups is 1. The molecule has 0 aliphatic rings. The van der Waals surface area contributed by atoms with Gasteiger partial charge in [0.1, 0.15) is 0 Å². The number of carboxylic acid groups (broad SMARTS) is 1. The number of aromatic hydroxyl groups is 1. The Morgan fingerprint density at radius 1 is 1.00 bits per heavy atom. The van der Waals surface area contributed by atoms with E-state index < -0.39 is 5.97 Å². The van der Waals surface area contributed by atoms with Gasteiger partial charge in [0, 0.05) is 23.0 Å². The number of nitrogens with zero attached hydrogens (tertiary/aromatic N) is 1. The van der Waals surface area contributed by atoms with E-state index in [1.165, 1.54) is 17.7 Å². The summed E-state index contributed by atoms with van der Waals surface area (Å²) in [5.41, 5.74) is 4.60. The number of aromatic nitrogens is 1. The van der Waals surface area contributed by atoms with Crippen molar-refractivity contribution in [1.82, 2.24) is 10.3 Å². The number of nitrogens with one attached hydrogen (secondary N) is 2. The van der Waals surface area contributed by atoms with E-state index >= 15 is 0 Å². The molecule has 6 nitrogen and oxygen atoms in total. The Morgan fingerprint density at radius 2 is 1.74 bits per heavy atom. The molecule has 0 saturated carbocycles. The van der Waals surface area contributed by atoms with E-state index in [4.69, 9.17) is 4.99 Å². The number of aromatic amines is 1. The molecule has 1 heterocycles. The predicted octanol–water partition coefficient (Wildman–Crippen LogP) is 4.85. The average Bonchev–Trinajstić information content (AvgIpc) is 3.12. The SMILES string of the molecule is CCNCc1ccc(N=C(c2ccccc2)c2c(O)[nH]c3cc(C(=O)O)ccc23)cc1. The molecule has 6 heteroatoms. The zero-order valence-electron chi connectivity index (χ0n) is 17.1. The first-order valence-electron chi connectivity index (χ1n) is 10.1. The van der Waals surface area contributed by atoms with E-state index in [1.54, 1.807) is 6.07 Å². The summed E-state index contributed by atoms with van der Waals surface area (Å²) in [5.74, 6) is -1.07.